The number of benzene rings is 1. The van der Waals surface area contributed by atoms with E-state index in [1.807, 2.05) is 0 Å². The van der Waals surface area contributed by atoms with Crippen LogP contribution in [-0.2, 0) is 19.6 Å². The van der Waals surface area contributed by atoms with E-state index in [0.717, 1.165) is 12.1 Å². The zero-order chi connectivity index (χ0) is 15.3. The van der Waals surface area contributed by atoms with Crippen LogP contribution in [0.4, 0.5) is 0 Å². The van der Waals surface area contributed by atoms with Crippen molar-refractivity contribution in [1.29, 1.82) is 5.26 Å². The van der Waals surface area contributed by atoms with Crippen LogP contribution in [0.5, 0.6) is 0 Å². The maximum absolute atomic E-state index is 11.9. The number of nitriles is 1. The summed E-state index contributed by atoms with van der Waals surface area (Å²) in [4.78, 5) is 21.0. The Morgan fingerprint density at radius 2 is 1.80 bits per heavy atom. The quantitative estimate of drug-likeness (QED) is 0.657. The van der Waals surface area contributed by atoms with Crippen LogP contribution in [0.3, 0.4) is 0 Å². The highest BCUT2D eigenvalue weighted by Gasteiger charge is 2.27. The third-order valence-electron chi connectivity index (χ3n) is 2.27. The molecule has 0 saturated carbocycles. The van der Waals surface area contributed by atoms with Gasteiger partial charge in [-0.3, -0.25) is 9.59 Å². The topological polar surface area (TPSA) is 145 Å². The molecule has 0 spiro atoms. The highest BCUT2D eigenvalue weighted by atomic mass is 32.2. The van der Waals surface area contributed by atoms with Gasteiger partial charge >= 0.3 is 11.9 Å². The number of nitrogens with one attached hydrogen (secondary N) is 1. The summed E-state index contributed by atoms with van der Waals surface area (Å²) in [5, 5.41) is 25.9. The molecule has 106 valence electrons. The lowest BCUT2D eigenvalue weighted by atomic mass is 10.2. The minimum absolute atomic E-state index is 0.240. The molecule has 1 atom stereocenters. The van der Waals surface area contributed by atoms with Crippen LogP contribution in [0.15, 0.2) is 29.2 Å². The smallest absolute Gasteiger partial charge is 0.322 e. The Morgan fingerprint density at radius 3 is 2.20 bits per heavy atom. The highest BCUT2D eigenvalue weighted by Crippen LogP contribution is 2.11. The fourth-order valence-electron chi connectivity index (χ4n) is 1.32. The minimum Gasteiger partial charge on any atom is -0.481 e. The van der Waals surface area contributed by atoms with Crippen LogP contribution in [0.1, 0.15) is 12.0 Å². The summed E-state index contributed by atoms with van der Waals surface area (Å²) in [6, 6.07) is 4.79. The van der Waals surface area contributed by atoms with E-state index in [1.54, 1.807) is 10.8 Å². The number of carboxylic acids is 2. The second kappa shape index (κ2) is 6.14. The van der Waals surface area contributed by atoms with Gasteiger partial charge in [0.1, 0.15) is 6.04 Å². The van der Waals surface area contributed by atoms with Crippen LogP contribution < -0.4 is 4.72 Å². The molecule has 0 heterocycles. The maximum Gasteiger partial charge on any atom is 0.322 e. The van der Waals surface area contributed by atoms with Crippen molar-refractivity contribution in [2.24, 2.45) is 0 Å². The molecule has 1 aromatic rings. The van der Waals surface area contributed by atoms with Crippen molar-refractivity contribution >= 4 is 22.0 Å². The summed E-state index contributed by atoms with van der Waals surface area (Å²) in [6.07, 6.45) is -0.884. The van der Waals surface area contributed by atoms with Gasteiger partial charge in [-0.2, -0.15) is 9.98 Å². The molecule has 3 N–H and O–H groups in total. The monoisotopic (exact) mass is 298 g/mol. The van der Waals surface area contributed by atoms with E-state index < -0.39 is 34.4 Å². The van der Waals surface area contributed by atoms with E-state index >= 15 is 0 Å². The highest BCUT2D eigenvalue weighted by molar-refractivity contribution is 7.89. The normalized spacial score (nSPS) is 12.3. The fraction of sp³-hybridized carbons (Fsp3) is 0.182. The third-order valence-corrected chi connectivity index (χ3v) is 3.76. The summed E-state index contributed by atoms with van der Waals surface area (Å²) in [7, 11) is -4.18. The van der Waals surface area contributed by atoms with E-state index in [-0.39, 0.29) is 10.5 Å². The molecule has 0 saturated heterocycles. The van der Waals surface area contributed by atoms with Crippen LogP contribution >= 0.6 is 0 Å². The Bertz CT molecular complexity index is 659. The molecule has 0 aliphatic heterocycles. The van der Waals surface area contributed by atoms with E-state index in [9.17, 15) is 18.0 Å². The number of carbonyl (C=O) groups is 2. The first-order valence-electron chi connectivity index (χ1n) is 5.23. The van der Waals surface area contributed by atoms with E-state index in [2.05, 4.69) is 0 Å². The molecular weight excluding hydrogens is 288 g/mol. The summed E-state index contributed by atoms with van der Waals surface area (Å²) >= 11 is 0. The van der Waals surface area contributed by atoms with Gasteiger partial charge in [0.05, 0.1) is 22.9 Å². The van der Waals surface area contributed by atoms with Crippen LogP contribution in [-0.4, -0.2) is 36.6 Å². The lowest BCUT2D eigenvalue weighted by molar-refractivity contribution is -0.145. The van der Waals surface area contributed by atoms with Crippen LogP contribution in [0.2, 0.25) is 0 Å². The standard InChI is InChI=1S/C11H10N2O6S/c12-6-7-1-3-8(4-2-7)20(18,19)13-9(11(16)17)5-10(14)15/h1-4,9,13H,5H2,(H,14,15)(H,16,17)/t9-/m1/s1. The second-order valence-electron chi connectivity index (χ2n) is 3.75. The molecule has 0 aromatic heterocycles. The van der Waals surface area contributed by atoms with Gasteiger partial charge in [-0.1, -0.05) is 0 Å². The third kappa shape index (κ3) is 4.04. The average Bonchev–Trinajstić information content (AvgIpc) is 2.37. The summed E-state index contributed by atoms with van der Waals surface area (Å²) in [5.41, 5.74) is 0.240. The first kappa shape index (κ1) is 15.6. The lowest BCUT2D eigenvalue weighted by Crippen LogP contribution is -2.42. The molecule has 0 radical (unpaired) electrons. The number of nitrogens with zero attached hydrogens (tertiary/aromatic N) is 1. The van der Waals surface area contributed by atoms with Crippen molar-refractivity contribution in [1.82, 2.24) is 4.72 Å². The van der Waals surface area contributed by atoms with Crippen molar-refractivity contribution in [3.63, 3.8) is 0 Å². The Morgan fingerprint density at radius 1 is 1.25 bits per heavy atom. The molecule has 0 amide bonds. The number of carboxylic acid groups (broad SMARTS) is 2. The zero-order valence-corrected chi connectivity index (χ0v) is 10.8. The summed E-state index contributed by atoms with van der Waals surface area (Å²) < 4.78 is 25.5. The Labute approximate surface area is 114 Å². The summed E-state index contributed by atoms with van der Waals surface area (Å²) in [6.45, 7) is 0. The first-order chi connectivity index (χ1) is 9.26. The van der Waals surface area contributed by atoms with E-state index in [1.165, 1.54) is 12.1 Å². The van der Waals surface area contributed by atoms with Crippen LogP contribution in [0, 0.1) is 11.3 Å². The molecule has 1 aromatic carbocycles. The van der Waals surface area contributed by atoms with Gasteiger partial charge in [0, 0.05) is 0 Å². The summed E-state index contributed by atoms with van der Waals surface area (Å²) in [5.74, 6) is -3.04. The average molecular weight is 298 g/mol. The second-order valence-corrected chi connectivity index (χ2v) is 5.46. The Kier molecular flexibility index (Phi) is 4.79. The van der Waals surface area contributed by atoms with Crippen LogP contribution in [0.25, 0.3) is 0 Å². The minimum atomic E-state index is -4.18. The van der Waals surface area contributed by atoms with Gasteiger partial charge in [0.2, 0.25) is 10.0 Å². The number of hydrogen-bond donors (Lipinski definition) is 3. The molecule has 9 heteroatoms. The predicted octanol–water partition coefficient (Wildman–Crippen LogP) is -0.236. The van der Waals surface area contributed by atoms with Gasteiger partial charge < -0.3 is 10.2 Å². The Hall–Kier alpha value is -2.44. The molecule has 0 bridgehead atoms. The van der Waals surface area contributed by atoms with Crippen molar-refractivity contribution < 1.29 is 28.2 Å². The molecule has 20 heavy (non-hydrogen) atoms. The molecule has 0 aliphatic carbocycles. The predicted molar refractivity (Wildman–Crippen MR) is 65.2 cm³/mol. The van der Waals surface area contributed by atoms with E-state index in [0.29, 0.717) is 0 Å². The van der Waals surface area contributed by atoms with Gasteiger partial charge in [-0.15, -0.1) is 0 Å². The molecule has 8 nitrogen and oxygen atoms in total. The molecule has 0 fully saturated rings. The van der Waals surface area contributed by atoms with Crippen molar-refractivity contribution in [2.45, 2.75) is 17.4 Å². The first-order valence-corrected chi connectivity index (χ1v) is 6.71. The molecular formula is C11H10N2O6S. The van der Waals surface area contributed by atoms with Gasteiger partial charge in [0.15, 0.2) is 0 Å². The zero-order valence-electron chi connectivity index (χ0n) is 9.98. The maximum atomic E-state index is 11.9. The van der Waals surface area contributed by atoms with Crippen molar-refractivity contribution in [3.8, 4) is 6.07 Å². The molecule has 1 rings (SSSR count). The molecule has 0 aliphatic rings. The molecule has 0 unspecified atom stereocenters. The Balaban J connectivity index is 3.00. The fourth-order valence-corrected chi connectivity index (χ4v) is 2.51. The number of rotatable bonds is 6. The van der Waals surface area contributed by atoms with Gasteiger partial charge in [0.25, 0.3) is 0 Å². The van der Waals surface area contributed by atoms with Gasteiger partial charge in [-0.05, 0) is 24.3 Å². The van der Waals surface area contributed by atoms with Gasteiger partial charge in [-0.25, -0.2) is 8.42 Å². The van der Waals surface area contributed by atoms with Crippen molar-refractivity contribution in [2.75, 3.05) is 0 Å². The lowest BCUT2D eigenvalue weighted by Gasteiger charge is -2.12. The van der Waals surface area contributed by atoms with E-state index in [4.69, 9.17) is 15.5 Å². The number of sulfonamides is 1. The SMILES string of the molecule is N#Cc1ccc(S(=O)(=O)N[C@H](CC(=O)O)C(=O)O)cc1. The number of hydrogen-bond acceptors (Lipinski definition) is 5. The number of aliphatic carboxylic acids is 2. The van der Waals surface area contributed by atoms with Crippen molar-refractivity contribution in [3.05, 3.63) is 29.8 Å². The largest absolute Gasteiger partial charge is 0.481 e.